The molecule has 0 spiro atoms. The fourth-order valence-electron chi connectivity index (χ4n) is 12.5. The fraction of sp³-hybridized carbons (Fsp3) is 0.755. The van der Waals surface area contributed by atoms with Crippen molar-refractivity contribution >= 4 is 17.4 Å². The monoisotopic (exact) mass is 897 g/mol. The third-order valence-electron chi connectivity index (χ3n) is 15.8. The Labute approximate surface area is 379 Å². The lowest BCUT2D eigenvalue weighted by Gasteiger charge is -2.48. The van der Waals surface area contributed by atoms with Crippen LogP contribution in [0.2, 0.25) is 0 Å². The summed E-state index contributed by atoms with van der Waals surface area (Å²) in [7, 11) is 9.01. The van der Waals surface area contributed by atoms with Crippen LogP contribution < -0.4 is 11.0 Å². The number of likely N-dealkylation sites (N-methyl/N-ethyl adjacent to an activating group) is 1. The van der Waals surface area contributed by atoms with Gasteiger partial charge in [-0.3, -0.25) is 14.6 Å². The number of hydrogen-bond donors (Lipinski definition) is 2. The Morgan fingerprint density at radius 3 is 2.30 bits per heavy atom. The molecule has 2 N–H and O–H groups in total. The molecule has 5 fully saturated rings. The topological polar surface area (TPSA) is 139 Å². The van der Waals surface area contributed by atoms with Crippen LogP contribution >= 0.6 is 0 Å². The first-order valence-electron chi connectivity index (χ1n) is 23.9. The number of rotatable bonds is 11. The van der Waals surface area contributed by atoms with Crippen LogP contribution in [0.5, 0.6) is 0 Å². The van der Waals surface area contributed by atoms with Crippen LogP contribution in [0.3, 0.4) is 0 Å². The van der Waals surface area contributed by atoms with E-state index in [0.717, 1.165) is 30.5 Å². The maximum absolute atomic E-state index is 18.3. The minimum atomic E-state index is -1.43. The second-order valence-electron chi connectivity index (χ2n) is 19.6. The summed E-state index contributed by atoms with van der Waals surface area (Å²) in [6, 6.07) is 9.54. The highest BCUT2D eigenvalue weighted by Gasteiger charge is 2.62. The first-order valence-corrected chi connectivity index (χ1v) is 23.9. The van der Waals surface area contributed by atoms with Crippen LogP contribution in [0.4, 0.5) is 4.39 Å². The Bertz CT molecular complexity index is 1820. The smallest absolute Gasteiger partial charge is 0.306 e. The van der Waals surface area contributed by atoms with Gasteiger partial charge in [-0.05, 0) is 103 Å². The van der Waals surface area contributed by atoms with E-state index in [9.17, 15) is 4.79 Å². The van der Waals surface area contributed by atoms with Crippen molar-refractivity contribution < 1.29 is 51.9 Å². The number of fused-ring (bicyclic) bond motifs is 5. The minimum absolute atomic E-state index is 0.0300. The number of esters is 1. The molecular weight excluding hydrogens is 824 g/mol. The van der Waals surface area contributed by atoms with Crippen LogP contribution in [0.25, 0.3) is 5.70 Å². The molecule has 0 radical (unpaired) electrons. The Morgan fingerprint density at radius 2 is 1.61 bits per heavy atom. The Balaban J connectivity index is 1.12. The molecule has 15 heteroatoms. The third-order valence-corrected chi connectivity index (χ3v) is 15.8. The number of nitrogens with zero attached hydrogens (tertiary/aromatic N) is 2. The molecule has 1 aromatic carbocycles. The largest absolute Gasteiger partial charge is 0.462 e. The van der Waals surface area contributed by atoms with Gasteiger partial charge in [0.25, 0.3) is 0 Å². The number of ketones is 1. The predicted molar refractivity (Wildman–Crippen MR) is 236 cm³/mol. The molecule has 3 aliphatic carbocycles. The summed E-state index contributed by atoms with van der Waals surface area (Å²) >= 11 is 0. The summed E-state index contributed by atoms with van der Waals surface area (Å²) in [5, 5.41) is 1.86. The molecule has 2 saturated carbocycles. The standard InChI is InChI=1S/C49H73FN4O10/c1-10-30-17-14-18-39(64-41-20-19-38(53(5)6)27(3)60-41)26(2)45(56)36-23-33-32-21-31(63-49-48(59-9)47(58-8)46(57-7)28(4)61-49)22-35(32)44(43(50)42(33)34(36)24-40(55)62-30)54-25-37(51-52-54)29-15-12-11-13-16-29/h11-13,15-16,23,25-28,30-35,38-39,41-44,46-49,51-52H,10,14,17-22,24H2,1-9H3/t26-,27?,28?,30+,31+,32+,33+,34-,35-,38+,39+,41+,42-,43?,44?,46+,47-,48?,49+/m1/s1. The van der Waals surface area contributed by atoms with E-state index in [1.807, 2.05) is 68.4 Å². The molecule has 0 aromatic heterocycles. The molecule has 4 aliphatic heterocycles. The zero-order valence-corrected chi connectivity index (χ0v) is 39.2. The average molecular weight is 897 g/mol. The van der Waals surface area contributed by atoms with Crippen molar-refractivity contribution in [2.75, 3.05) is 35.4 Å². The fourth-order valence-corrected chi connectivity index (χ4v) is 12.5. The van der Waals surface area contributed by atoms with Gasteiger partial charge in [0.2, 0.25) is 0 Å². The number of carbonyl (C=O) groups excluding carboxylic acids is 2. The van der Waals surface area contributed by atoms with Crippen molar-refractivity contribution in [3.8, 4) is 0 Å². The lowest BCUT2D eigenvalue weighted by atomic mass is 9.63. The van der Waals surface area contributed by atoms with Gasteiger partial charge in [-0.1, -0.05) is 50.3 Å². The Morgan fingerprint density at radius 1 is 0.875 bits per heavy atom. The van der Waals surface area contributed by atoms with E-state index in [0.29, 0.717) is 37.7 Å². The lowest BCUT2D eigenvalue weighted by molar-refractivity contribution is -0.314. The van der Waals surface area contributed by atoms with Crippen LogP contribution in [0.1, 0.15) is 91.0 Å². The first kappa shape index (κ1) is 47.5. The molecule has 14 nitrogen and oxygen atoms in total. The molecule has 4 heterocycles. The maximum atomic E-state index is 18.3. The summed E-state index contributed by atoms with van der Waals surface area (Å²) in [6.45, 7) is 7.98. The van der Waals surface area contributed by atoms with Crippen molar-refractivity contribution in [3.05, 3.63) is 53.7 Å². The Hall–Kier alpha value is -2.99. The highest BCUT2D eigenvalue weighted by atomic mass is 19.1. The number of halogens is 1. The summed E-state index contributed by atoms with van der Waals surface area (Å²) in [4.78, 5) is 31.3. The van der Waals surface area contributed by atoms with Gasteiger partial charge in [0.1, 0.15) is 30.6 Å². The molecule has 3 saturated heterocycles. The molecule has 7 aliphatic rings. The van der Waals surface area contributed by atoms with Crippen LogP contribution in [0, 0.1) is 35.5 Å². The number of ether oxygens (including phenoxy) is 8. The molecule has 0 amide bonds. The number of methoxy groups -OCH3 is 3. The predicted octanol–water partition coefficient (Wildman–Crippen LogP) is 5.96. The summed E-state index contributed by atoms with van der Waals surface area (Å²) in [5.41, 5.74) is 8.87. The van der Waals surface area contributed by atoms with Crippen LogP contribution in [-0.2, 0) is 47.5 Å². The Kier molecular flexibility index (Phi) is 15.2. The third kappa shape index (κ3) is 9.44. The number of carbonyl (C=O) groups is 2. The van der Waals surface area contributed by atoms with Crippen molar-refractivity contribution in [1.29, 1.82) is 0 Å². The van der Waals surface area contributed by atoms with E-state index in [2.05, 4.69) is 36.9 Å². The molecule has 356 valence electrons. The van der Waals surface area contributed by atoms with Gasteiger partial charge in [0, 0.05) is 56.9 Å². The lowest BCUT2D eigenvalue weighted by Crippen LogP contribution is -2.59. The second-order valence-corrected chi connectivity index (χ2v) is 19.6. The van der Waals surface area contributed by atoms with E-state index in [-0.39, 0.29) is 72.5 Å². The summed E-state index contributed by atoms with van der Waals surface area (Å²) in [6.07, 6.45) is 3.95. The number of hydrazine groups is 2. The van der Waals surface area contributed by atoms with Crippen molar-refractivity contribution in [3.63, 3.8) is 0 Å². The van der Waals surface area contributed by atoms with Crippen molar-refractivity contribution in [2.45, 2.75) is 165 Å². The zero-order valence-electron chi connectivity index (χ0n) is 39.2. The number of allylic oxidation sites excluding steroid dienone is 2. The van der Waals surface area contributed by atoms with Gasteiger partial charge in [-0.2, -0.15) is 0 Å². The molecule has 5 unspecified atom stereocenters. The highest BCUT2D eigenvalue weighted by Crippen LogP contribution is 2.59. The van der Waals surface area contributed by atoms with E-state index in [1.54, 1.807) is 21.3 Å². The highest BCUT2D eigenvalue weighted by molar-refractivity contribution is 5.99. The van der Waals surface area contributed by atoms with Crippen molar-refractivity contribution in [2.24, 2.45) is 35.5 Å². The number of cyclic esters (lactones) is 1. The molecule has 8 rings (SSSR count). The van der Waals surface area contributed by atoms with Gasteiger partial charge in [-0.25, -0.2) is 4.39 Å². The number of benzene rings is 1. The maximum Gasteiger partial charge on any atom is 0.306 e. The second kappa shape index (κ2) is 20.5. The zero-order chi connectivity index (χ0) is 45.4. The van der Waals surface area contributed by atoms with Gasteiger partial charge >= 0.3 is 5.97 Å². The van der Waals surface area contributed by atoms with E-state index >= 15 is 9.18 Å². The SMILES string of the molecule is CC[C@H]1CCC[C@H](O[C@H]2CC[C@H](N(C)C)C(C)O2)[C@@H](C)C(=O)C2=C[C@H]3[C@@H]4C[C@H](O[C@@H]5OC(C)[C@H](OC)[C@@H](OC)C5OC)C[C@H]4C(N4C=C(c5ccccc5)NN4)C(F)[C@H]3[C@@H]2CC(=O)O1. The molecule has 64 heavy (non-hydrogen) atoms. The average Bonchev–Trinajstić information content (AvgIpc) is 4.03. The number of nitrogens with one attached hydrogen (secondary N) is 2. The van der Waals surface area contributed by atoms with Gasteiger partial charge in [-0.15, -0.1) is 5.53 Å². The van der Waals surface area contributed by atoms with E-state index in [1.165, 1.54) is 0 Å². The molecule has 0 bridgehead atoms. The van der Waals surface area contributed by atoms with Gasteiger partial charge in [0.05, 0.1) is 42.6 Å². The van der Waals surface area contributed by atoms with Crippen molar-refractivity contribution in [1.82, 2.24) is 20.9 Å². The molecule has 19 atom stereocenters. The number of hydrogen-bond acceptors (Lipinski definition) is 14. The molecular formula is C49H73FN4O10. The number of Topliss-reactive ketones (excluding diaryl/α,β-unsaturated/α-hetero) is 1. The van der Waals surface area contributed by atoms with Gasteiger partial charge < -0.3 is 48.2 Å². The minimum Gasteiger partial charge on any atom is -0.462 e. The van der Waals surface area contributed by atoms with Crippen LogP contribution in [0.15, 0.2) is 48.2 Å². The number of alkyl halides is 1. The quantitative estimate of drug-likeness (QED) is 0.253. The summed E-state index contributed by atoms with van der Waals surface area (Å²) in [5.74, 6) is -2.97. The normalized spacial score (nSPS) is 43.0. The molecule has 1 aromatic rings. The van der Waals surface area contributed by atoms with Gasteiger partial charge in [0.15, 0.2) is 18.4 Å². The van der Waals surface area contributed by atoms with E-state index < -0.39 is 60.9 Å². The summed E-state index contributed by atoms with van der Waals surface area (Å²) < 4.78 is 68.6. The van der Waals surface area contributed by atoms with Crippen LogP contribution in [-0.4, -0.2) is 137 Å². The first-order chi connectivity index (χ1) is 30.8. The van der Waals surface area contributed by atoms with E-state index in [4.69, 9.17) is 37.9 Å².